The Morgan fingerprint density at radius 3 is 2.27 bits per heavy atom. The van der Waals surface area contributed by atoms with Crippen molar-refractivity contribution in [2.24, 2.45) is 17.3 Å². The van der Waals surface area contributed by atoms with Crippen LogP contribution in [0.15, 0.2) is 0 Å². The van der Waals surface area contributed by atoms with E-state index in [-0.39, 0.29) is 11.3 Å². The van der Waals surface area contributed by atoms with Crippen molar-refractivity contribution in [3.05, 3.63) is 0 Å². The van der Waals surface area contributed by atoms with Crippen molar-refractivity contribution in [1.29, 1.82) is 0 Å². The summed E-state index contributed by atoms with van der Waals surface area (Å²) >= 11 is 0. The van der Waals surface area contributed by atoms with Crippen molar-refractivity contribution in [2.75, 3.05) is 46.4 Å². The summed E-state index contributed by atoms with van der Waals surface area (Å²) in [5.41, 5.74) is -1.43. The van der Waals surface area contributed by atoms with Gasteiger partial charge in [-0.2, -0.15) is 13.2 Å². The Morgan fingerprint density at radius 1 is 1.13 bits per heavy atom. The van der Waals surface area contributed by atoms with E-state index in [1.165, 1.54) is 12.8 Å². The summed E-state index contributed by atoms with van der Waals surface area (Å²) in [6.45, 7) is 5.17. The molecule has 2 saturated heterocycles. The molecule has 0 unspecified atom stereocenters. The Morgan fingerprint density at radius 2 is 1.77 bits per heavy atom. The fourth-order valence-electron chi connectivity index (χ4n) is 4.71. The Hall–Kier alpha value is -1.42. The molecule has 2 aliphatic carbocycles. The van der Waals surface area contributed by atoms with Crippen molar-refractivity contribution in [1.82, 2.24) is 9.80 Å². The standard InChI is InChI=1S/C18H29FN2O2.C2HF3O2/c1-20-9-15(11-23-10-14-3-4-14)17(12-20)7-8-21(13-17)16(22)18(19)5-2-6-18;3-2(4,5)1(6)7/h14-15H,2-13H2,1H3;(H,6,7)/t15-,17+;/m0./s1. The number of carbonyl (C=O) groups is 2. The first-order valence-electron chi connectivity index (χ1n) is 10.5. The largest absolute Gasteiger partial charge is 0.490 e. The highest BCUT2D eigenvalue weighted by Crippen LogP contribution is 2.46. The molecule has 4 fully saturated rings. The van der Waals surface area contributed by atoms with Gasteiger partial charge in [0, 0.05) is 44.1 Å². The van der Waals surface area contributed by atoms with Gasteiger partial charge in [0.2, 0.25) is 0 Å². The van der Waals surface area contributed by atoms with Gasteiger partial charge in [0.1, 0.15) is 0 Å². The second-order valence-corrected chi connectivity index (χ2v) is 9.34. The molecule has 2 heterocycles. The molecule has 2 aliphatic heterocycles. The third-order valence-corrected chi connectivity index (χ3v) is 6.80. The maximum Gasteiger partial charge on any atom is 0.490 e. The van der Waals surface area contributed by atoms with Crippen LogP contribution in [-0.2, 0) is 14.3 Å². The molecule has 0 radical (unpaired) electrons. The third-order valence-electron chi connectivity index (χ3n) is 6.80. The molecule has 10 heteroatoms. The number of halogens is 4. The number of carbonyl (C=O) groups excluding carboxylic acids is 1. The number of carboxylic acids is 1. The van der Waals surface area contributed by atoms with Crippen LogP contribution in [0.1, 0.15) is 38.5 Å². The van der Waals surface area contributed by atoms with Gasteiger partial charge in [-0.05, 0) is 51.5 Å². The molecule has 4 aliphatic rings. The molecule has 1 amide bonds. The van der Waals surface area contributed by atoms with Gasteiger partial charge in [0.05, 0.1) is 6.61 Å². The zero-order valence-electron chi connectivity index (χ0n) is 17.2. The van der Waals surface area contributed by atoms with Gasteiger partial charge in [0.25, 0.3) is 5.91 Å². The van der Waals surface area contributed by atoms with Crippen molar-refractivity contribution < 1.29 is 37.0 Å². The minimum atomic E-state index is -5.08. The van der Waals surface area contributed by atoms with Crippen LogP contribution in [0.4, 0.5) is 17.6 Å². The molecule has 6 nitrogen and oxygen atoms in total. The van der Waals surface area contributed by atoms with E-state index in [0.29, 0.717) is 18.8 Å². The molecule has 1 N–H and O–H groups in total. The molecule has 0 aromatic rings. The number of hydrogen-bond donors (Lipinski definition) is 1. The highest BCUT2D eigenvalue weighted by Gasteiger charge is 2.54. The van der Waals surface area contributed by atoms with Crippen molar-refractivity contribution >= 4 is 11.9 Å². The number of nitrogens with zero attached hydrogens (tertiary/aromatic N) is 2. The average Bonchev–Trinajstić information content (AvgIpc) is 3.28. The summed E-state index contributed by atoms with van der Waals surface area (Å²) < 4.78 is 52.2. The molecule has 1 spiro atoms. The highest BCUT2D eigenvalue weighted by molar-refractivity contribution is 5.86. The van der Waals surface area contributed by atoms with Gasteiger partial charge in [-0.3, -0.25) is 4.79 Å². The van der Waals surface area contributed by atoms with Crippen LogP contribution in [-0.4, -0.2) is 85.1 Å². The van der Waals surface area contributed by atoms with E-state index >= 15 is 0 Å². The van der Waals surface area contributed by atoms with Gasteiger partial charge < -0.3 is 19.6 Å². The molecule has 4 rings (SSSR count). The molecule has 0 bridgehead atoms. The predicted octanol–water partition coefficient (Wildman–Crippen LogP) is 2.72. The second-order valence-electron chi connectivity index (χ2n) is 9.34. The van der Waals surface area contributed by atoms with Gasteiger partial charge in [-0.15, -0.1) is 0 Å². The first-order valence-corrected chi connectivity index (χ1v) is 10.5. The maximum atomic E-state index is 14.5. The first-order chi connectivity index (χ1) is 14.0. The Bertz CT molecular complexity index is 651. The number of hydrogen-bond acceptors (Lipinski definition) is 4. The summed E-state index contributed by atoms with van der Waals surface area (Å²) in [4.78, 5) is 25.6. The minimum Gasteiger partial charge on any atom is -0.475 e. The van der Waals surface area contributed by atoms with E-state index in [2.05, 4.69) is 11.9 Å². The second kappa shape index (κ2) is 8.61. The van der Waals surface area contributed by atoms with E-state index in [1.54, 1.807) is 0 Å². The van der Waals surface area contributed by atoms with Crippen LogP contribution >= 0.6 is 0 Å². The zero-order chi connectivity index (χ0) is 22.2. The number of alkyl halides is 4. The van der Waals surface area contributed by atoms with Crippen LogP contribution in [0.25, 0.3) is 0 Å². The fourth-order valence-corrected chi connectivity index (χ4v) is 4.71. The average molecular weight is 438 g/mol. The fraction of sp³-hybridized carbons (Fsp3) is 0.900. The summed E-state index contributed by atoms with van der Waals surface area (Å²) in [7, 11) is 2.15. The lowest BCUT2D eigenvalue weighted by molar-refractivity contribution is -0.192. The molecule has 2 saturated carbocycles. The molecule has 30 heavy (non-hydrogen) atoms. The highest BCUT2D eigenvalue weighted by atomic mass is 19.4. The van der Waals surface area contributed by atoms with Crippen LogP contribution in [0, 0.1) is 17.3 Å². The zero-order valence-corrected chi connectivity index (χ0v) is 17.2. The number of likely N-dealkylation sites (tertiary alicyclic amines) is 2. The van der Waals surface area contributed by atoms with Crippen LogP contribution in [0.5, 0.6) is 0 Å². The van der Waals surface area contributed by atoms with Gasteiger partial charge >= 0.3 is 12.1 Å². The lowest BCUT2D eigenvalue weighted by atomic mass is 9.77. The normalized spacial score (nSPS) is 30.7. The molecule has 0 aromatic heterocycles. The van der Waals surface area contributed by atoms with Crippen LogP contribution in [0.2, 0.25) is 0 Å². The molecular formula is C20H30F4N2O4. The SMILES string of the molecule is CN1C[C@@H](COCC2CC2)[C@]2(CCN(C(=O)C3(F)CCC3)C2)C1.O=C(O)C(F)(F)F. The smallest absolute Gasteiger partial charge is 0.475 e. The minimum absolute atomic E-state index is 0.119. The van der Waals surface area contributed by atoms with Crippen LogP contribution < -0.4 is 0 Å². The summed E-state index contributed by atoms with van der Waals surface area (Å²) in [6, 6.07) is 0. The third kappa shape index (κ3) is 5.25. The molecule has 172 valence electrons. The topological polar surface area (TPSA) is 70.1 Å². The number of amides is 1. The van der Waals surface area contributed by atoms with Crippen LogP contribution in [0.3, 0.4) is 0 Å². The maximum absolute atomic E-state index is 14.5. The molecule has 2 atom stereocenters. The lowest BCUT2D eigenvalue weighted by Crippen LogP contribution is -2.50. The Labute approximate surface area is 173 Å². The van der Waals surface area contributed by atoms with E-state index in [9.17, 15) is 22.4 Å². The quantitative estimate of drug-likeness (QED) is 0.669. The first kappa shape index (κ1) is 23.2. The Kier molecular flexibility index (Phi) is 6.67. The van der Waals surface area contributed by atoms with E-state index in [4.69, 9.17) is 14.6 Å². The molecular weight excluding hydrogens is 408 g/mol. The summed E-state index contributed by atoms with van der Waals surface area (Å²) in [6.07, 6.45) is 0.234. The summed E-state index contributed by atoms with van der Waals surface area (Å²) in [5, 5.41) is 7.12. The van der Waals surface area contributed by atoms with Crippen molar-refractivity contribution in [3.8, 4) is 0 Å². The summed E-state index contributed by atoms with van der Waals surface area (Å²) in [5.74, 6) is -1.74. The predicted molar refractivity (Wildman–Crippen MR) is 99.5 cm³/mol. The monoisotopic (exact) mass is 438 g/mol. The van der Waals surface area contributed by atoms with E-state index in [0.717, 1.165) is 58.2 Å². The van der Waals surface area contributed by atoms with Crippen molar-refractivity contribution in [2.45, 2.75) is 50.4 Å². The number of rotatable bonds is 5. The van der Waals surface area contributed by atoms with Crippen molar-refractivity contribution in [3.63, 3.8) is 0 Å². The number of ether oxygens (including phenoxy) is 1. The number of aliphatic carboxylic acids is 1. The van der Waals surface area contributed by atoms with E-state index in [1.807, 2.05) is 4.90 Å². The lowest BCUT2D eigenvalue weighted by Gasteiger charge is -2.37. The van der Waals surface area contributed by atoms with E-state index < -0.39 is 17.8 Å². The van der Waals surface area contributed by atoms with Gasteiger partial charge in [0.15, 0.2) is 5.67 Å². The molecule has 0 aromatic carbocycles. The van der Waals surface area contributed by atoms with Gasteiger partial charge in [-0.25, -0.2) is 9.18 Å². The number of carboxylic acid groups (broad SMARTS) is 1. The Balaban J connectivity index is 0.000000318. The van der Waals surface area contributed by atoms with Gasteiger partial charge in [-0.1, -0.05) is 0 Å².